The molecular weight excluding hydrogens is 418 g/mol. The highest BCUT2D eigenvalue weighted by Crippen LogP contribution is 2.24. The van der Waals surface area contributed by atoms with E-state index in [2.05, 4.69) is 5.32 Å². The highest BCUT2D eigenvalue weighted by atomic mass is 16.6. The van der Waals surface area contributed by atoms with Crippen LogP contribution in [-0.4, -0.2) is 40.7 Å². The van der Waals surface area contributed by atoms with Gasteiger partial charge in [-0.15, -0.1) is 0 Å². The first-order valence-corrected chi connectivity index (χ1v) is 10.9. The van der Waals surface area contributed by atoms with Crippen LogP contribution in [0.4, 0.5) is 10.5 Å². The van der Waals surface area contributed by atoms with Gasteiger partial charge in [-0.05, 0) is 87.9 Å². The van der Waals surface area contributed by atoms with E-state index in [1.54, 1.807) is 19.2 Å². The van der Waals surface area contributed by atoms with Gasteiger partial charge in [0.25, 0.3) is 0 Å². The fourth-order valence-corrected chi connectivity index (χ4v) is 3.07. The Morgan fingerprint density at radius 1 is 0.939 bits per heavy atom. The predicted molar refractivity (Wildman–Crippen MR) is 129 cm³/mol. The van der Waals surface area contributed by atoms with Crippen LogP contribution in [0.15, 0.2) is 73.1 Å². The molecule has 3 aromatic rings. The van der Waals surface area contributed by atoms with Gasteiger partial charge in [0, 0.05) is 43.8 Å². The van der Waals surface area contributed by atoms with E-state index >= 15 is 0 Å². The molecular formula is C26H31N3O4. The molecule has 0 aliphatic rings. The van der Waals surface area contributed by atoms with E-state index in [0.717, 1.165) is 11.4 Å². The Bertz CT molecular complexity index is 1040. The smallest absolute Gasteiger partial charge is 0.410 e. The lowest BCUT2D eigenvalue weighted by Crippen LogP contribution is -2.35. The number of carbonyl (C=O) groups is 2. The number of benzene rings is 2. The van der Waals surface area contributed by atoms with Gasteiger partial charge in [-0.2, -0.15) is 0 Å². The summed E-state index contributed by atoms with van der Waals surface area (Å²) in [6.07, 6.45) is 4.43. The lowest BCUT2D eigenvalue weighted by Gasteiger charge is -2.24. The zero-order valence-electron chi connectivity index (χ0n) is 19.6. The normalized spacial score (nSPS) is 11.0. The van der Waals surface area contributed by atoms with Crippen LogP contribution in [0, 0.1) is 0 Å². The summed E-state index contributed by atoms with van der Waals surface area (Å²) in [5.41, 5.74) is 1.21. The lowest BCUT2D eigenvalue weighted by molar-refractivity contribution is -0.116. The van der Waals surface area contributed by atoms with Crippen LogP contribution in [0.3, 0.4) is 0 Å². The first-order chi connectivity index (χ1) is 15.7. The van der Waals surface area contributed by atoms with Gasteiger partial charge in [0.15, 0.2) is 0 Å². The van der Waals surface area contributed by atoms with Crippen LogP contribution in [0.1, 0.15) is 33.6 Å². The minimum atomic E-state index is -0.537. The molecule has 1 N–H and O–H groups in total. The fraction of sp³-hybridized carbons (Fsp3) is 0.308. The second-order valence-corrected chi connectivity index (χ2v) is 8.76. The molecule has 7 nitrogen and oxygen atoms in total. The molecule has 0 saturated carbocycles. The van der Waals surface area contributed by atoms with Crippen LogP contribution in [-0.2, 0) is 9.53 Å². The molecule has 0 fully saturated rings. The third kappa shape index (κ3) is 7.71. The van der Waals surface area contributed by atoms with Gasteiger partial charge in [0.1, 0.15) is 17.1 Å². The molecule has 0 saturated heterocycles. The number of hydrogen-bond donors (Lipinski definition) is 1. The van der Waals surface area contributed by atoms with Crippen molar-refractivity contribution in [3.05, 3.63) is 73.1 Å². The zero-order valence-corrected chi connectivity index (χ0v) is 19.6. The van der Waals surface area contributed by atoms with Gasteiger partial charge < -0.3 is 24.3 Å². The quantitative estimate of drug-likeness (QED) is 0.468. The molecule has 0 bridgehead atoms. The Morgan fingerprint density at radius 3 is 2.09 bits per heavy atom. The minimum Gasteiger partial charge on any atom is -0.457 e. The number of nitrogens with one attached hydrogen (secondary N) is 1. The lowest BCUT2D eigenvalue weighted by atomic mass is 10.2. The molecule has 1 heterocycles. The third-order valence-electron chi connectivity index (χ3n) is 4.72. The van der Waals surface area contributed by atoms with Crippen molar-refractivity contribution >= 4 is 17.7 Å². The molecule has 0 radical (unpaired) electrons. The summed E-state index contributed by atoms with van der Waals surface area (Å²) < 4.78 is 13.2. The van der Waals surface area contributed by atoms with E-state index in [-0.39, 0.29) is 5.91 Å². The molecule has 2 aromatic carbocycles. The summed E-state index contributed by atoms with van der Waals surface area (Å²) in [6.45, 7) is 5.91. The Hall–Kier alpha value is -3.74. The fourth-order valence-electron chi connectivity index (χ4n) is 3.07. The SMILES string of the molecule is CN(CCCC(=O)Nc1ccc(Oc2ccc(-n3cccc3)cc2)cc1)C(=O)OC(C)(C)C. The Balaban J connectivity index is 1.42. The standard InChI is InChI=1S/C26H31N3O4/c1-26(2,3)33-25(31)28(4)17-7-8-24(30)27-20-9-13-22(14-10-20)32-23-15-11-21(12-16-23)29-18-5-6-19-29/h5-6,9-16,18-19H,7-8,17H2,1-4H3,(H,27,30). The highest BCUT2D eigenvalue weighted by molar-refractivity contribution is 5.90. The number of carbonyl (C=O) groups excluding carboxylic acids is 2. The molecule has 0 aliphatic carbocycles. The number of amides is 2. The van der Waals surface area contributed by atoms with E-state index in [1.165, 1.54) is 4.90 Å². The van der Waals surface area contributed by atoms with E-state index in [1.807, 2.05) is 86.3 Å². The Morgan fingerprint density at radius 2 is 1.52 bits per heavy atom. The molecule has 0 atom stereocenters. The highest BCUT2D eigenvalue weighted by Gasteiger charge is 2.19. The van der Waals surface area contributed by atoms with Crippen molar-refractivity contribution in [3.63, 3.8) is 0 Å². The summed E-state index contributed by atoms with van der Waals surface area (Å²) in [7, 11) is 1.67. The average Bonchev–Trinajstić information content (AvgIpc) is 3.29. The summed E-state index contributed by atoms with van der Waals surface area (Å²) in [5, 5.41) is 2.87. The van der Waals surface area contributed by atoms with Gasteiger partial charge in [-0.25, -0.2) is 4.79 Å². The van der Waals surface area contributed by atoms with Gasteiger partial charge in [0.05, 0.1) is 0 Å². The number of aromatic nitrogens is 1. The van der Waals surface area contributed by atoms with Crippen LogP contribution >= 0.6 is 0 Å². The summed E-state index contributed by atoms with van der Waals surface area (Å²) in [6, 6.07) is 19.0. The van der Waals surface area contributed by atoms with Crippen molar-refractivity contribution in [1.29, 1.82) is 0 Å². The molecule has 0 spiro atoms. The summed E-state index contributed by atoms with van der Waals surface area (Å²) in [4.78, 5) is 25.6. The topological polar surface area (TPSA) is 72.8 Å². The maximum absolute atomic E-state index is 12.2. The molecule has 2 amide bonds. The van der Waals surface area contributed by atoms with Crippen molar-refractivity contribution in [2.75, 3.05) is 18.9 Å². The Labute approximate surface area is 194 Å². The van der Waals surface area contributed by atoms with Gasteiger partial charge >= 0.3 is 6.09 Å². The number of nitrogens with zero attached hydrogens (tertiary/aromatic N) is 2. The van der Waals surface area contributed by atoms with E-state index < -0.39 is 11.7 Å². The van der Waals surface area contributed by atoms with Crippen molar-refractivity contribution in [3.8, 4) is 17.2 Å². The molecule has 3 rings (SSSR count). The predicted octanol–water partition coefficient (Wildman–Crippen LogP) is 5.86. The van der Waals surface area contributed by atoms with Crippen LogP contribution in [0.2, 0.25) is 0 Å². The molecule has 7 heteroatoms. The van der Waals surface area contributed by atoms with Gasteiger partial charge in [-0.1, -0.05) is 0 Å². The maximum atomic E-state index is 12.2. The number of hydrogen-bond acceptors (Lipinski definition) is 4. The summed E-state index contributed by atoms with van der Waals surface area (Å²) in [5.74, 6) is 1.30. The average molecular weight is 450 g/mol. The zero-order chi connectivity index (χ0) is 23.8. The van der Waals surface area contributed by atoms with Gasteiger partial charge in [0.2, 0.25) is 5.91 Å². The van der Waals surface area contributed by atoms with E-state index in [0.29, 0.717) is 30.8 Å². The first kappa shape index (κ1) is 23.9. The van der Waals surface area contributed by atoms with Crippen LogP contribution in [0.5, 0.6) is 11.5 Å². The largest absolute Gasteiger partial charge is 0.457 e. The van der Waals surface area contributed by atoms with Crippen LogP contribution in [0.25, 0.3) is 5.69 Å². The molecule has 0 aliphatic heterocycles. The van der Waals surface area contributed by atoms with Crippen LogP contribution < -0.4 is 10.1 Å². The molecule has 1 aromatic heterocycles. The second-order valence-electron chi connectivity index (χ2n) is 8.76. The van der Waals surface area contributed by atoms with Crippen molar-refractivity contribution in [1.82, 2.24) is 9.47 Å². The van der Waals surface area contributed by atoms with Crippen molar-refractivity contribution in [2.45, 2.75) is 39.2 Å². The minimum absolute atomic E-state index is 0.109. The second kappa shape index (κ2) is 10.7. The monoisotopic (exact) mass is 449 g/mol. The van der Waals surface area contributed by atoms with E-state index in [9.17, 15) is 9.59 Å². The Kier molecular flexibility index (Phi) is 7.77. The maximum Gasteiger partial charge on any atom is 0.410 e. The molecule has 0 unspecified atom stereocenters. The summed E-state index contributed by atoms with van der Waals surface area (Å²) >= 11 is 0. The number of ether oxygens (including phenoxy) is 2. The van der Waals surface area contributed by atoms with Gasteiger partial charge in [-0.3, -0.25) is 4.79 Å². The van der Waals surface area contributed by atoms with E-state index in [4.69, 9.17) is 9.47 Å². The van der Waals surface area contributed by atoms with Crippen molar-refractivity contribution in [2.24, 2.45) is 0 Å². The first-order valence-electron chi connectivity index (χ1n) is 10.9. The molecule has 33 heavy (non-hydrogen) atoms. The third-order valence-corrected chi connectivity index (χ3v) is 4.72. The number of rotatable bonds is 8. The molecule has 174 valence electrons. The number of anilines is 1. The van der Waals surface area contributed by atoms with Crippen molar-refractivity contribution < 1.29 is 19.1 Å².